The molecule has 1 saturated carbocycles. The molecule has 3 atom stereocenters. The van der Waals surface area contributed by atoms with Gasteiger partial charge >= 0.3 is 0 Å². The summed E-state index contributed by atoms with van der Waals surface area (Å²) in [6.45, 7) is 5.57. The lowest BCUT2D eigenvalue weighted by atomic mass is 10.1. The third kappa shape index (κ3) is 2.94. The summed E-state index contributed by atoms with van der Waals surface area (Å²) in [7, 11) is 0. The van der Waals surface area contributed by atoms with Crippen LogP contribution in [0.25, 0.3) is 0 Å². The molecule has 14 heavy (non-hydrogen) atoms. The number of nitrogens with one attached hydrogen (secondary N) is 1. The van der Waals surface area contributed by atoms with Gasteiger partial charge in [0.2, 0.25) is 0 Å². The molecule has 1 aliphatic heterocycles. The first-order valence-corrected chi connectivity index (χ1v) is 5.77. The van der Waals surface area contributed by atoms with Crippen molar-refractivity contribution < 1.29 is 9.47 Å². The summed E-state index contributed by atoms with van der Waals surface area (Å²) in [5.41, 5.74) is 0. The molecule has 3 unspecified atom stereocenters. The molecule has 1 N–H and O–H groups in total. The Morgan fingerprint density at radius 1 is 1.29 bits per heavy atom. The normalized spacial score (nSPS) is 38.8. The lowest BCUT2D eigenvalue weighted by Gasteiger charge is -2.24. The fourth-order valence-electron chi connectivity index (χ4n) is 2.35. The zero-order valence-electron chi connectivity index (χ0n) is 9.00. The van der Waals surface area contributed by atoms with Gasteiger partial charge in [0.05, 0.1) is 25.9 Å². The highest BCUT2D eigenvalue weighted by Gasteiger charge is 2.22. The molecule has 0 spiro atoms. The summed E-state index contributed by atoms with van der Waals surface area (Å²) in [6, 6.07) is 0.718. The Bertz CT molecular complexity index is 164. The number of ether oxygens (including phenoxy) is 2. The predicted molar refractivity (Wildman–Crippen MR) is 55.4 cm³/mol. The Balaban J connectivity index is 1.61. The predicted octanol–water partition coefficient (Wildman–Crippen LogP) is 1.18. The minimum Gasteiger partial charge on any atom is -0.376 e. The summed E-state index contributed by atoms with van der Waals surface area (Å²) in [5.74, 6) is 0.899. The standard InChI is InChI=1S/C11H21NO2/c1-9-2-3-10(6-9)12-7-11-8-13-4-5-14-11/h9-12H,2-8H2,1H3. The second kappa shape index (κ2) is 5.10. The van der Waals surface area contributed by atoms with Crippen molar-refractivity contribution in [1.29, 1.82) is 0 Å². The second-order valence-electron chi connectivity index (χ2n) is 4.59. The van der Waals surface area contributed by atoms with E-state index in [1.165, 1.54) is 19.3 Å². The zero-order valence-corrected chi connectivity index (χ0v) is 9.00. The van der Waals surface area contributed by atoms with Crippen LogP contribution in [0.1, 0.15) is 26.2 Å². The summed E-state index contributed by atoms with van der Waals surface area (Å²) in [5, 5.41) is 3.58. The lowest BCUT2D eigenvalue weighted by molar-refractivity contribution is -0.0870. The van der Waals surface area contributed by atoms with Gasteiger partial charge in [0, 0.05) is 12.6 Å². The fourth-order valence-corrected chi connectivity index (χ4v) is 2.35. The average Bonchev–Trinajstić information content (AvgIpc) is 2.63. The molecule has 1 aliphatic carbocycles. The minimum absolute atomic E-state index is 0.277. The molecule has 2 rings (SSSR count). The van der Waals surface area contributed by atoms with Crippen LogP contribution in [-0.2, 0) is 9.47 Å². The Morgan fingerprint density at radius 3 is 2.86 bits per heavy atom. The quantitative estimate of drug-likeness (QED) is 0.740. The second-order valence-corrected chi connectivity index (χ2v) is 4.59. The Kier molecular flexibility index (Phi) is 3.79. The highest BCUT2D eigenvalue weighted by Crippen LogP contribution is 2.24. The van der Waals surface area contributed by atoms with Crippen molar-refractivity contribution in [3.05, 3.63) is 0 Å². The molecule has 1 heterocycles. The molecule has 2 aliphatic rings. The zero-order chi connectivity index (χ0) is 9.80. The van der Waals surface area contributed by atoms with Crippen LogP contribution in [0.15, 0.2) is 0 Å². The molecule has 0 bridgehead atoms. The topological polar surface area (TPSA) is 30.5 Å². The molecule has 0 aromatic heterocycles. The van der Waals surface area contributed by atoms with E-state index in [1.807, 2.05) is 0 Å². The van der Waals surface area contributed by atoms with Crippen LogP contribution in [0.3, 0.4) is 0 Å². The van der Waals surface area contributed by atoms with Gasteiger partial charge in [0.15, 0.2) is 0 Å². The first-order valence-electron chi connectivity index (χ1n) is 5.77. The van der Waals surface area contributed by atoms with Crippen LogP contribution in [-0.4, -0.2) is 38.5 Å². The molecule has 3 heteroatoms. The Hall–Kier alpha value is -0.120. The number of hydrogen-bond donors (Lipinski definition) is 1. The van der Waals surface area contributed by atoms with E-state index in [2.05, 4.69) is 12.2 Å². The third-order valence-electron chi connectivity index (χ3n) is 3.21. The molecule has 0 aromatic rings. The van der Waals surface area contributed by atoms with Gasteiger partial charge in [-0.25, -0.2) is 0 Å². The lowest BCUT2D eigenvalue weighted by Crippen LogP contribution is -2.40. The molecule has 0 aromatic carbocycles. The fraction of sp³-hybridized carbons (Fsp3) is 1.00. The Labute approximate surface area is 86.2 Å². The molecule has 3 nitrogen and oxygen atoms in total. The maximum absolute atomic E-state index is 5.58. The van der Waals surface area contributed by atoms with Crippen molar-refractivity contribution in [2.45, 2.75) is 38.3 Å². The van der Waals surface area contributed by atoms with Gasteiger partial charge in [-0.2, -0.15) is 0 Å². The van der Waals surface area contributed by atoms with Gasteiger partial charge in [-0.1, -0.05) is 6.92 Å². The largest absolute Gasteiger partial charge is 0.376 e. The average molecular weight is 199 g/mol. The van der Waals surface area contributed by atoms with E-state index >= 15 is 0 Å². The smallest absolute Gasteiger partial charge is 0.0933 e. The van der Waals surface area contributed by atoms with Crippen molar-refractivity contribution in [1.82, 2.24) is 5.32 Å². The molecule has 0 radical (unpaired) electrons. The minimum atomic E-state index is 0.277. The van der Waals surface area contributed by atoms with E-state index in [1.54, 1.807) is 0 Å². The van der Waals surface area contributed by atoms with Gasteiger partial charge in [0.1, 0.15) is 0 Å². The number of hydrogen-bond acceptors (Lipinski definition) is 3. The van der Waals surface area contributed by atoms with Crippen molar-refractivity contribution >= 4 is 0 Å². The van der Waals surface area contributed by atoms with E-state index < -0.39 is 0 Å². The van der Waals surface area contributed by atoms with E-state index in [9.17, 15) is 0 Å². The van der Waals surface area contributed by atoms with Crippen molar-refractivity contribution in [2.75, 3.05) is 26.4 Å². The van der Waals surface area contributed by atoms with E-state index in [-0.39, 0.29) is 6.10 Å². The first kappa shape index (κ1) is 10.4. The van der Waals surface area contributed by atoms with E-state index in [0.29, 0.717) is 0 Å². The van der Waals surface area contributed by atoms with Crippen LogP contribution >= 0.6 is 0 Å². The summed E-state index contributed by atoms with van der Waals surface area (Å²) in [4.78, 5) is 0. The summed E-state index contributed by atoms with van der Waals surface area (Å²) in [6.07, 6.45) is 4.31. The molecular formula is C11H21NO2. The van der Waals surface area contributed by atoms with E-state index in [0.717, 1.165) is 38.3 Å². The van der Waals surface area contributed by atoms with Crippen molar-refractivity contribution in [3.63, 3.8) is 0 Å². The number of rotatable bonds is 3. The summed E-state index contributed by atoms with van der Waals surface area (Å²) < 4.78 is 10.9. The van der Waals surface area contributed by atoms with Gasteiger partial charge in [-0.3, -0.25) is 0 Å². The SMILES string of the molecule is CC1CCC(NCC2COCCO2)C1. The third-order valence-corrected chi connectivity index (χ3v) is 3.21. The van der Waals surface area contributed by atoms with Crippen LogP contribution in [0.4, 0.5) is 0 Å². The molecule has 0 amide bonds. The maximum Gasteiger partial charge on any atom is 0.0933 e. The van der Waals surface area contributed by atoms with Gasteiger partial charge in [-0.15, -0.1) is 0 Å². The first-order chi connectivity index (χ1) is 6.84. The van der Waals surface area contributed by atoms with Crippen LogP contribution in [0, 0.1) is 5.92 Å². The van der Waals surface area contributed by atoms with Crippen LogP contribution < -0.4 is 5.32 Å². The summed E-state index contributed by atoms with van der Waals surface area (Å²) >= 11 is 0. The van der Waals surface area contributed by atoms with Crippen molar-refractivity contribution in [3.8, 4) is 0 Å². The maximum atomic E-state index is 5.58. The van der Waals surface area contributed by atoms with Crippen LogP contribution in [0.2, 0.25) is 0 Å². The van der Waals surface area contributed by atoms with Crippen LogP contribution in [0.5, 0.6) is 0 Å². The molecule has 82 valence electrons. The highest BCUT2D eigenvalue weighted by molar-refractivity contribution is 4.79. The molecular weight excluding hydrogens is 178 g/mol. The Morgan fingerprint density at radius 2 is 2.21 bits per heavy atom. The molecule has 2 fully saturated rings. The van der Waals surface area contributed by atoms with Gasteiger partial charge in [0.25, 0.3) is 0 Å². The van der Waals surface area contributed by atoms with Crippen molar-refractivity contribution in [2.24, 2.45) is 5.92 Å². The van der Waals surface area contributed by atoms with E-state index in [4.69, 9.17) is 9.47 Å². The van der Waals surface area contributed by atoms with Gasteiger partial charge in [-0.05, 0) is 25.2 Å². The monoisotopic (exact) mass is 199 g/mol. The molecule has 1 saturated heterocycles. The highest BCUT2D eigenvalue weighted by atomic mass is 16.6. The van der Waals surface area contributed by atoms with Gasteiger partial charge < -0.3 is 14.8 Å².